The van der Waals surface area contributed by atoms with E-state index in [1.807, 2.05) is 6.92 Å². The van der Waals surface area contributed by atoms with E-state index in [1.54, 1.807) is 13.8 Å². The number of hydrogen-bond acceptors (Lipinski definition) is 2. The van der Waals surface area contributed by atoms with Gasteiger partial charge in [0.1, 0.15) is 0 Å². The van der Waals surface area contributed by atoms with E-state index in [2.05, 4.69) is 5.32 Å². The molecule has 1 aliphatic rings. The quantitative estimate of drug-likeness (QED) is 0.779. The Morgan fingerprint density at radius 1 is 1.16 bits per heavy atom. The highest BCUT2D eigenvalue weighted by Gasteiger charge is 2.25. The third-order valence-electron chi connectivity index (χ3n) is 4.37. The molecule has 1 rings (SSSR count). The van der Waals surface area contributed by atoms with E-state index in [9.17, 15) is 9.59 Å². The average molecular weight is 269 g/mol. The number of aliphatic carboxylic acids is 1. The van der Waals surface area contributed by atoms with Crippen molar-refractivity contribution in [3.8, 4) is 0 Å². The van der Waals surface area contributed by atoms with Gasteiger partial charge in [-0.05, 0) is 26.2 Å². The molecule has 0 saturated heterocycles. The number of amides is 1. The van der Waals surface area contributed by atoms with Gasteiger partial charge >= 0.3 is 5.97 Å². The molecular weight excluding hydrogens is 242 g/mol. The van der Waals surface area contributed by atoms with Gasteiger partial charge in [0.2, 0.25) is 5.91 Å². The molecule has 110 valence electrons. The molecule has 4 heteroatoms. The number of carboxylic acids is 1. The first-order valence-corrected chi connectivity index (χ1v) is 7.45. The standard InChI is InChI=1S/C15H27NO3/c1-10(9-13-7-5-4-6-8-13)14(17)16-12(3)11(2)15(18)19/h10-13H,4-9H2,1-3H3,(H,16,17)(H,18,19). The van der Waals surface area contributed by atoms with Gasteiger partial charge in [-0.3, -0.25) is 9.59 Å². The second kappa shape index (κ2) is 7.51. The van der Waals surface area contributed by atoms with E-state index >= 15 is 0 Å². The molecular formula is C15H27NO3. The molecule has 0 spiro atoms. The van der Waals surface area contributed by atoms with Gasteiger partial charge in [-0.25, -0.2) is 0 Å². The topological polar surface area (TPSA) is 66.4 Å². The fraction of sp³-hybridized carbons (Fsp3) is 0.867. The van der Waals surface area contributed by atoms with Crippen molar-refractivity contribution in [2.45, 2.75) is 65.3 Å². The summed E-state index contributed by atoms with van der Waals surface area (Å²) in [5.74, 6) is -0.780. The summed E-state index contributed by atoms with van der Waals surface area (Å²) in [5.41, 5.74) is 0. The van der Waals surface area contributed by atoms with E-state index in [0.717, 1.165) is 6.42 Å². The number of rotatable bonds is 6. The Hall–Kier alpha value is -1.06. The Kier molecular flexibility index (Phi) is 6.32. The highest BCUT2D eigenvalue weighted by Crippen LogP contribution is 2.29. The number of hydrogen-bond donors (Lipinski definition) is 2. The van der Waals surface area contributed by atoms with Crippen molar-refractivity contribution >= 4 is 11.9 Å². The summed E-state index contributed by atoms with van der Waals surface area (Å²) in [5, 5.41) is 11.7. The van der Waals surface area contributed by atoms with E-state index in [1.165, 1.54) is 32.1 Å². The minimum absolute atomic E-state index is 0.00817. The van der Waals surface area contributed by atoms with Gasteiger partial charge in [0.05, 0.1) is 5.92 Å². The third kappa shape index (κ3) is 5.21. The Balaban J connectivity index is 2.37. The summed E-state index contributed by atoms with van der Waals surface area (Å²) < 4.78 is 0. The van der Waals surface area contributed by atoms with Gasteiger partial charge in [-0.2, -0.15) is 0 Å². The second-order valence-corrected chi connectivity index (χ2v) is 6.06. The summed E-state index contributed by atoms with van der Waals surface area (Å²) in [6.45, 7) is 5.32. The Bertz CT molecular complexity index is 311. The molecule has 0 heterocycles. The molecule has 0 radical (unpaired) electrons. The van der Waals surface area contributed by atoms with Crippen molar-refractivity contribution in [3.63, 3.8) is 0 Å². The summed E-state index contributed by atoms with van der Waals surface area (Å²) in [7, 11) is 0. The molecule has 0 aromatic carbocycles. The fourth-order valence-corrected chi connectivity index (χ4v) is 2.74. The Morgan fingerprint density at radius 3 is 2.26 bits per heavy atom. The van der Waals surface area contributed by atoms with Crippen LogP contribution in [0.3, 0.4) is 0 Å². The first kappa shape index (κ1) is 16.0. The van der Waals surface area contributed by atoms with Gasteiger partial charge in [0.25, 0.3) is 0 Å². The average Bonchev–Trinajstić information content (AvgIpc) is 2.38. The van der Waals surface area contributed by atoms with Crippen LogP contribution in [0, 0.1) is 17.8 Å². The smallest absolute Gasteiger partial charge is 0.308 e. The summed E-state index contributed by atoms with van der Waals surface area (Å²) >= 11 is 0. The molecule has 3 unspecified atom stereocenters. The number of carboxylic acid groups (broad SMARTS) is 1. The molecule has 1 saturated carbocycles. The van der Waals surface area contributed by atoms with Crippen molar-refractivity contribution in [1.82, 2.24) is 5.32 Å². The van der Waals surface area contributed by atoms with Gasteiger partial charge < -0.3 is 10.4 Å². The second-order valence-electron chi connectivity index (χ2n) is 6.06. The maximum Gasteiger partial charge on any atom is 0.308 e. The van der Waals surface area contributed by atoms with Crippen LogP contribution in [-0.4, -0.2) is 23.0 Å². The van der Waals surface area contributed by atoms with Gasteiger partial charge in [-0.15, -0.1) is 0 Å². The predicted octanol–water partition coefficient (Wildman–Crippen LogP) is 2.82. The van der Waals surface area contributed by atoms with Gasteiger partial charge in [0.15, 0.2) is 0 Å². The van der Waals surface area contributed by atoms with Crippen LogP contribution in [0.2, 0.25) is 0 Å². The number of nitrogens with one attached hydrogen (secondary N) is 1. The molecule has 4 nitrogen and oxygen atoms in total. The monoisotopic (exact) mass is 269 g/mol. The zero-order valence-electron chi connectivity index (χ0n) is 12.3. The van der Waals surface area contributed by atoms with Crippen molar-refractivity contribution in [1.29, 1.82) is 0 Å². The van der Waals surface area contributed by atoms with Crippen LogP contribution in [0.5, 0.6) is 0 Å². The first-order valence-electron chi connectivity index (χ1n) is 7.45. The van der Waals surface area contributed by atoms with E-state index in [-0.39, 0.29) is 17.9 Å². The van der Waals surface area contributed by atoms with Crippen molar-refractivity contribution in [3.05, 3.63) is 0 Å². The number of carbonyl (C=O) groups excluding carboxylic acids is 1. The lowest BCUT2D eigenvalue weighted by molar-refractivity contribution is -0.142. The van der Waals surface area contributed by atoms with Crippen LogP contribution in [0.4, 0.5) is 0 Å². The van der Waals surface area contributed by atoms with Crippen molar-refractivity contribution in [2.24, 2.45) is 17.8 Å². The molecule has 2 N–H and O–H groups in total. The highest BCUT2D eigenvalue weighted by atomic mass is 16.4. The molecule has 1 amide bonds. The molecule has 3 atom stereocenters. The minimum atomic E-state index is -0.868. The molecule has 0 aromatic heterocycles. The lowest BCUT2D eigenvalue weighted by Gasteiger charge is -2.25. The van der Waals surface area contributed by atoms with Crippen LogP contribution < -0.4 is 5.32 Å². The Labute approximate surface area is 116 Å². The van der Waals surface area contributed by atoms with Crippen molar-refractivity contribution in [2.75, 3.05) is 0 Å². The molecule has 0 aromatic rings. The highest BCUT2D eigenvalue weighted by molar-refractivity contribution is 5.79. The van der Waals surface area contributed by atoms with Gasteiger partial charge in [0, 0.05) is 12.0 Å². The van der Waals surface area contributed by atoms with E-state index < -0.39 is 11.9 Å². The van der Waals surface area contributed by atoms with Crippen LogP contribution >= 0.6 is 0 Å². The zero-order chi connectivity index (χ0) is 14.4. The first-order chi connectivity index (χ1) is 8.91. The van der Waals surface area contributed by atoms with E-state index in [4.69, 9.17) is 5.11 Å². The summed E-state index contributed by atoms with van der Waals surface area (Å²) in [6, 6.07) is -0.321. The largest absolute Gasteiger partial charge is 0.481 e. The molecule has 0 aliphatic heterocycles. The van der Waals surface area contributed by atoms with Crippen LogP contribution in [0.25, 0.3) is 0 Å². The SMILES string of the molecule is CC(CC1CCCCC1)C(=O)NC(C)C(C)C(=O)O. The predicted molar refractivity (Wildman–Crippen MR) is 74.8 cm³/mol. The van der Waals surface area contributed by atoms with E-state index in [0.29, 0.717) is 5.92 Å². The lowest BCUT2D eigenvalue weighted by atomic mass is 9.83. The maximum atomic E-state index is 12.1. The van der Waals surface area contributed by atoms with Crippen molar-refractivity contribution < 1.29 is 14.7 Å². The summed E-state index contributed by atoms with van der Waals surface area (Å²) in [6.07, 6.45) is 7.29. The minimum Gasteiger partial charge on any atom is -0.481 e. The zero-order valence-corrected chi connectivity index (χ0v) is 12.3. The lowest BCUT2D eigenvalue weighted by Crippen LogP contribution is -2.42. The Morgan fingerprint density at radius 2 is 1.74 bits per heavy atom. The number of carbonyl (C=O) groups is 2. The summed E-state index contributed by atoms with van der Waals surface area (Å²) in [4.78, 5) is 22.9. The molecule has 0 bridgehead atoms. The van der Waals surface area contributed by atoms with Gasteiger partial charge in [-0.1, -0.05) is 39.0 Å². The molecule has 1 fully saturated rings. The normalized spacial score (nSPS) is 21.4. The fourth-order valence-electron chi connectivity index (χ4n) is 2.74. The van der Waals surface area contributed by atoms with Crippen LogP contribution in [0.15, 0.2) is 0 Å². The molecule has 1 aliphatic carbocycles. The third-order valence-corrected chi connectivity index (χ3v) is 4.37. The van der Waals surface area contributed by atoms with Crippen LogP contribution in [0.1, 0.15) is 59.3 Å². The molecule has 19 heavy (non-hydrogen) atoms. The maximum absolute atomic E-state index is 12.1. The van der Waals surface area contributed by atoms with Crippen LogP contribution in [-0.2, 0) is 9.59 Å².